The average Bonchev–Trinajstić information content (AvgIpc) is 2.51. The Morgan fingerprint density at radius 2 is 2.29 bits per heavy atom. The number of alkyl halides is 2. The number of carbonyl (C=O) groups is 1. The minimum atomic E-state index is -2.89. The second-order valence-corrected chi connectivity index (χ2v) is 4.92. The molecule has 1 aliphatic rings. The molecule has 14 heavy (non-hydrogen) atoms. The van der Waals surface area contributed by atoms with Gasteiger partial charge in [0, 0.05) is 18.8 Å². The molecule has 1 heterocycles. The Morgan fingerprint density at radius 1 is 1.64 bits per heavy atom. The van der Waals surface area contributed by atoms with Gasteiger partial charge in [0.2, 0.25) is 5.91 Å². The molecule has 1 atom stereocenters. The Kier molecular flexibility index (Phi) is 3.75. The van der Waals surface area contributed by atoms with Crippen molar-refractivity contribution < 1.29 is 13.6 Å². The molecule has 0 aromatic rings. The van der Waals surface area contributed by atoms with Gasteiger partial charge in [0.15, 0.2) is 0 Å². The maximum atomic E-state index is 12.6. The van der Waals surface area contributed by atoms with Crippen molar-refractivity contribution in [3.05, 3.63) is 0 Å². The summed E-state index contributed by atoms with van der Waals surface area (Å²) < 4.78 is 25.1. The summed E-state index contributed by atoms with van der Waals surface area (Å²) in [5.74, 6) is -1.45. The average molecular weight is 223 g/mol. The summed E-state index contributed by atoms with van der Waals surface area (Å²) in [5.41, 5.74) is 0. The predicted octanol–water partition coefficient (Wildman–Crippen LogP) is 2.00. The minimum absolute atomic E-state index is 0.148. The molecule has 1 fully saturated rings. The van der Waals surface area contributed by atoms with E-state index in [-0.39, 0.29) is 6.04 Å². The number of halogens is 2. The number of amides is 1. The minimum Gasteiger partial charge on any atom is -0.342 e. The van der Waals surface area contributed by atoms with Crippen molar-refractivity contribution in [1.82, 2.24) is 4.90 Å². The van der Waals surface area contributed by atoms with E-state index in [0.717, 1.165) is 24.9 Å². The molecular weight excluding hydrogens is 208 g/mol. The summed E-state index contributed by atoms with van der Waals surface area (Å²) >= 11 is 1.76. The van der Waals surface area contributed by atoms with Gasteiger partial charge in [-0.1, -0.05) is 0 Å². The molecule has 0 aromatic heterocycles. The van der Waals surface area contributed by atoms with Crippen molar-refractivity contribution in [2.45, 2.75) is 31.7 Å². The molecule has 0 bridgehead atoms. The molecule has 0 N–H and O–H groups in total. The molecule has 1 aliphatic heterocycles. The first-order chi connectivity index (χ1) is 6.40. The molecule has 0 radical (unpaired) electrons. The SMILES string of the molecule is CN(C(=O)CC(C)(F)F)C1CCSC1. The van der Waals surface area contributed by atoms with Crippen molar-refractivity contribution in [2.75, 3.05) is 18.6 Å². The maximum Gasteiger partial charge on any atom is 0.254 e. The number of rotatable bonds is 3. The summed E-state index contributed by atoms with van der Waals surface area (Å²) in [5, 5.41) is 0. The topological polar surface area (TPSA) is 20.3 Å². The van der Waals surface area contributed by atoms with Crippen LogP contribution >= 0.6 is 11.8 Å². The molecule has 5 heteroatoms. The molecular formula is C9H15F2NOS. The van der Waals surface area contributed by atoms with E-state index >= 15 is 0 Å². The number of hydrogen-bond donors (Lipinski definition) is 0. The van der Waals surface area contributed by atoms with Gasteiger partial charge in [-0.25, -0.2) is 8.78 Å². The van der Waals surface area contributed by atoms with Gasteiger partial charge in [-0.3, -0.25) is 4.79 Å². The predicted molar refractivity (Wildman–Crippen MR) is 53.7 cm³/mol. The number of carbonyl (C=O) groups excluding carboxylic acids is 1. The summed E-state index contributed by atoms with van der Waals surface area (Å²) in [6.45, 7) is 0.780. The highest BCUT2D eigenvalue weighted by molar-refractivity contribution is 7.99. The van der Waals surface area contributed by atoms with Gasteiger partial charge in [0.05, 0.1) is 6.42 Å². The van der Waals surface area contributed by atoms with Crippen LogP contribution in [0.2, 0.25) is 0 Å². The Morgan fingerprint density at radius 3 is 2.71 bits per heavy atom. The van der Waals surface area contributed by atoms with E-state index in [9.17, 15) is 13.6 Å². The Bertz CT molecular complexity index is 211. The van der Waals surface area contributed by atoms with Gasteiger partial charge in [0.1, 0.15) is 0 Å². The van der Waals surface area contributed by atoms with Crippen molar-refractivity contribution in [1.29, 1.82) is 0 Å². The van der Waals surface area contributed by atoms with E-state index < -0.39 is 18.3 Å². The molecule has 0 aromatic carbocycles. The van der Waals surface area contributed by atoms with Crippen LogP contribution in [0.4, 0.5) is 8.78 Å². The van der Waals surface area contributed by atoms with Gasteiger partial charge >= 0.3 is 0 Å². The van der Waals surface area contributed by atoms with Crippen molar-refractivity contribution >= 4 is 17.7 Å². The van der Waals surface area contributed by atoms with Crippen molar-refractivity contribution in [2.24, 2.45) is 0 Å². The number of thioether (sulfide) groups is 1. The largest absolute Gasteiger partial charge is 0.342 e. The summed E-state index contributed by atoms with van der Waals surface area (Å²) in [4.78, 5) is 12.9. The summed E-state index contributed by atoms with van der Waals surface area (Å²) in [7, 11) is 1.62. The number of hydrogen-bond acceptors (Lipinski definition) is 2. The first kappa shape index (κ1) is 11.8. The third-order valence-corrected chi connectivity index (χ3v) is 3.45. The molecule has 1 saturated heterocycles. The maximum absolute atomic E-state index is 12.6. The highest BCUT2D eigenvalue weighted by atomic mass is 32.2. The zero-order valence-electron chi connectivity index (χ0n) is 8.43. The standard InChI is InChI=1S/C9H15F2NOS/c1-9(10,11)5-8(13)12(2)7-3-4-14-6-7/h7H,3-6H2,1-2H3. The highest BCUT2D eigenvalue weighted by Gasteiger charge is 2.31. The Balaban J connectivity index is 2.43. The van der Waals surface area contributed by atoms with E-state index in [0.29, 0.717) is 0 Å². The monoisotopic (exact) mass is 223 g/mol. The van der Waals surface area contributed by atoms with E-state index in [4.69, 9.17) is 0 Å². The molecule has 2 nitrogen and oxygen atoms in total. The lowest BCUT2D eigenvalue weighted by molar-refractivity contribution is -0.138. The normalized spacial score (nSPS) is 22.4. The van der Waals surface area contributed by atoms with Crippen LogP contribution in [0.3, 0.4) is 0 Å². The lowest BCUT2D eigenvalue weighted by atomic mass is 10.2. The first-order valence-electron chi connectivity index (χ1n) is 4.61. The second-order valence-electron chi connectivity index (χ2n) is 3.77. The second kappa shape index (κ2) is 4.47. The molecule has 1 amide bonds. The lowest BCUT2D eigenvalue weighted by Gasteiger charge is -2.25. The molecule has 0 saturated carbocycles. The van der Waals surface area contributed by atoms with Gasteiger partial charge in [-0.2, -0.15) is 11.8 Å². The molecule has 1 rings (SSSR count). The van der Waals surface area contributed by atoms with Gasteiger partial charge in [-0.15, -0.1) is 0 Å². The van der Waals surface area contributed by atoms with Gasteiger partial charge in [0.25, 0.3) is 5.92 Å². The van der Waals surface area contributed by atoms with Crippen molar-refractivity contribution in [3.8, 4) is 0 Å². The summed E-state index contributed by atoms with van der Waals surface area (Å²) in [6, 6.07) is 0.148. The van der Waals surface area contributed by atoms with Gasteiger partial charge in [-0.05, 0) is 19.1 Å². The number of nitrogens with zero attached hydrogens (tertiary/aromatic N) is 1. The van der Waals surface area contributed by atoms with E-state index in [1.807, 2.05) is 0 Å². The first-order valence-corrected chi connectivity index (χ1v) is 5.77. The zero-order valence-corrected chi connectivity index (χ0v) is 9.24. The molecule has 82 valence electrons. The van der Waals surface area contributed by atoms with E-state index in [1.165, 1.54) is 4.90 Å². The quantitative estimate of drug-likeness (QED) is 0.729. The lowest BCUT2D eigenvalue weighted by Crippen LogP contribution is -2.39. The van der Waals surface area contributed by atoms with E-state index in [2.05, 4.69) is 0 Å². The van der Waals surface area contributed by atoms with Crippen LogP contribution in [0, 0.1) is 0 Å². The van der Waals surface area contributed by atoms with Crippen LogP contribution in [0.1, 0.15) is 19.8 Å². The fraction of sp³-hybridized carbons (Fsp3) is 0.889. The van der Waals surface area contributed by atoms with Crippen molar-refractivity contribution in [3.63, 3.8) is 0 Å². The van der Waals surface area contributed by atoms with Crippen LogP contribution in [-0.2, 0) is 4.79 Å². The van der Waals surface area contributed by atoms with E-state index in [1.54, 1.807) is 18.8 Å². The summed E-state index contributed by atoms with van der Waals surface area (Å²) in [6.07, 6.45) is 0.243. The molecule has 0 aliphatic carbocycles. The zero-order chi connectivity index (χ0) is 10.8. The van der Waals surface area contributed by atoms with Crippen LogP contribution < -0.4 is 0 Å². The third-order valence-electron chi connectivity index (χ3n) is 2.31. The third kappa shape index (κ3) is 3.44. The van der Waals surface area contributed by atoms with Crippen LogP contribution in [0.15, 0.2) is 0 Å². The van der Waals surface area contributed by atoms with Crippen LogP contribution in [0.5, 0.6) is 0 Å². The van der Waals surface area contributed by atoms with Crippen LogP contribution in [-0.4, -0.2) is 41.3 Å². The fourth-order valence-corrected chi connectivity index (χ4v) is 2.69. The van der Waals surface area contributed by atoms with Crippen LogP contribution in [0.25, 0.3) is 0 Å². The fourth-order valence-electron chi connectivity index (χ4n) is 1.42. The Hall–Kier alpha value is -0.320. The molecule has 1 unspecified atom stereocenters. The smallest absolute Gasteiger partial charge is 0.254 e. The van der Waals surface area contributed by atoms with Gasteiger partial charge < -0.3 is 4.90 Å². The Labute approximate surface area is 87.0 Å². The molecule has 0 spiro atoms. The highest BCUT2D eigenvalue weighted by Crippen LogP contribution is 2.24.